The van der Waals surface area contributed by atoms with Gasteiger partial charge in [0.2, 0.25) is 20.0 Å². The first-order valence-electron chi connectivity index (χ1n) is 10.8. The molecule has 33 heavy (non-hydrogen) atoms. The molecule has 0 spiro atoms. The van der Waals surface area contributed by atoms with E-state index in [0.717, 1.165) is 40.0 Å². The predicted octanol–water partition coefficient (Wildman–Crippen LogP) is 1.80. The third-order valence-corrected chi connectivity index (χ3v) is 9.63. The van der Waals surface area contributed by atoms with Gasteiger partial charge >= 0.3 is 0 Å². The molecule has 1 aliphatic carbocycles. The number of carbonyl (C=O) groups excluding carboxylic acids is 1. The van der Waals surface area contributed by atoms with Crippen LogP contribution in [0.15, 0.2) is 75.6 Å². The SMILES string of the molecule is O=C(NN=C1CCCC1)[C@H]1CN(S(=O)(=O)c2ccccc2)CCN1S(=O)(=O)c1ccccc1. The van der Waals surface area contributed by atoms with Crippen LogP contribution in [0.1, 0.15) is 25.7 Å². The maximum atomic E-state index is 13.3. The van der Waals surface area contributed by atoms with Crippen molar-refractivity contribution >= 4 is 31.7 Å². The van der Waals surface area contributed by atoms with Crippen molar-refractivity contribution in [3.63, 3.8) is 0 Å². The highest BCUT2D eigenvalue weighted by Crippen LogP contribution is 2.25. The topological polar surface area (TPSA) is 116 Å². The van der Waals surface area contributed by atoms with Crippen LogP contribution in [0.2, 0.25) is 0 Å². The predicted molar refractivity (Wildman–Crippen MR) is 123 cm³/mol. The van der Waals surface area contributed by atoms with Crippen molar-refractivity contribution in [1.29, 1.82) is 0 Å². The fraction of sp³-hybridized carbons (Fsp3) is 0.364. The number of sulfonamides is 2. The molecule has 2 aliphatic rings. The number of piperazine rings is 1. The van der Waals surface area contributed by atoms with E-state index in [9.17, 15) is 21.6 Å². The number of hydrogen-bond donors (Lipinski definition) is 1. The molecule has 1 amide bonds. The second kappa shape index (κ2) is 9.72. The van der Waals surface area contributed by atoms with E-state index in [-0.39, 0.29) is 29.4 Å². The van der Waals surface area contributed by atoms with Gasteiger partial charge in [-0.05, 0) is 49.9 Å². The van der Waals surface area contributed by atoms with Crippen molar-refractivity contribution in [2.24, 2.45) is 5.10 Å². The zero-order valence-corrected chi connectivity index (χ0v) is 19.6. The van der Waals surface area contributed by atoms with E-state index in [2.05, 4.69) is 10.5 Å². The maximum Gasteiger partial charge on any atom is 0.259 e. The molecule has 2 fully saturated rings. The Balaban J connectivity index is 1.64. The molecule has 0 bridgehead atoms. The second-order valence-corrected chi connectivity index (χ2v) is 11.8. The lowest BCUT2D eigenvalue weighted by Gasteiger charge is -2.38. The molecule has 11 heteroatoms. The van der Waals surface area contributed by atoms with E-state index in [4.69, 9.17) is 0 Å². The molecule has 9 nitrogen and oxygen atoms in total. The van der Waals surface area contributed by atoms with Gasteiger partial charge in [-0.3, -0.25) is 4.79 Å². The second-order valence-electron chi connectivity index (χ2n) is 7.98. The molecule has 0 aromatic heterocycles. The van der Waals surface area contributed by atoms with Gasteiger partial charge in [0.05, 0.1) is 9.79 Å². The summed E-state index contributed by atoms with van der Waals surface area (Å²) in [6, 6.07) is 14.4. The number of hydrazone groups is 1. The molecule has 1 saturated heterocycles. The standard InChI is InChI=1S/C22H26N4O5S2/c27-22(24-23-18-9-7-8-10-18)21-17-25(32(28,29)19-11-3-1-4-12-19)15-16-26(21)33(30,31)20-13-5-2-6-14-20/h1-6,11-14,21H,7-10,15-17H2,(H,24,27)/t21-/m1/s1. The quantitative estimate of drug-likeness (QED) is 0.620. The normalized spacial score (nSPS) is 20.5. The van der Waals surface area contributed by atoms with Crippen LogP contribution in [-0.2, 0) is 24.8 Å². The molecule has 2 aromatic carbocycles. The van der Waals surface area contributed by atoms with Crippen LogP contribution in [0.25, 0.3) is 0 Å². The summed E-state index contributed by atoms with van der Waals surface area (Å²) in [6.07, 6.45) is 3.56. The highest BCUT2D eigenvalue weighted by molar-refractivity contribution is 7.89. The molecule has 1 saturated carbocycles. The summed E-state index contributed by atoms with van der Waals surface area (Å²) in [7, 11) is -7.92. The van der Waals surface area contributed by atoms with E-state index < -0.39 is 32.0 Å². The third kappa shape index (κ3) is 5.01. The van der Waals surface area contributed by atoms with Gasteiger partial charge in [0.15, 0.2) is 0 Å². The highest BCUT2D eigenvalue weighted by atomic mass is 32.2. The Hall–Kier alpha value is -2.60. The molecule has 176 valence electrons. The van der Waals surface area contributed by atoms with Crippen molar-refractivity contribution in [1.82, 2.24) is 14.0 Å². The summed E-state index contributed by atoms with van der Waals surface area (Å²) in [5.74, 6) is -0.651. The van der Waals surface area contributed by atoms with Gasteiger partial charge in [-0.25, -0.2) is 22.3 Å². The van der Waals surface area contributed by atoms with Crippen molar-refractivity contribution in [2.75, 3.05) is 19.6 Å². The lowest BCUT2D eigenvalue weighted by Crippen LogP contribution is -2.60. The Bertz CT molecular complexity index is 1220. The number of amides is 1. The number of nitrogens with zero attached hydrogens (tertiary/aromatic N) is 3. The van der Waals surface area contributed by atoms with E-state index in [0.29, 0.717) is 0 Å². The number of nitrogens with one attached hydrogen (secondary N) is 1. The van der Waals surface area contributed by atoms with Gasteiger partial charge in [0.25, 0.3) is 5.91 Å². The van der Waals surface area contributed by atoms with E-state index in [1.165, 1.54) is 24.3 Å². The van der Waals surface area contributed by atoms with E-state index in [1.54, 1.807) is 36.4 Å². The average Bonchev–Trinajstić information content (AvgIpc) is 3.37. The van der Waals surface area contributed by atoms with Crippen LogP contribution < -0.4 is 5.43 Å². The number of rotatable bonds is 6. The van der Waals surface area contributed by atoms with Crippen molar-refractivity contribution in [3.8, 4) is 0 Å². The largest absolute Gasteiger partial charge is 0.271 e. The molecule has 0 unspecified atom stereocenters. The maximum absolute atomic E-state index is 13.3. The first-order valence-corrected chi connectivity index (χ1v) is 13.7. The van der Waals surface area contributed by atoms with Crippen molar-refractivity contribution in [2.45, 2.75) is 41.5 Å². The molecule has 1 heterocycles. The van der Waals surface area contributed by atoms with Crippen molar-refractivity contribution in [3.05, 3.63) is 60.7 Å². The number of benzene rings is 2. The summed E-state index contributed by atoms with van der Waals surface area (Å²) in [4.78, 5) is 13.2. The molecule has 1 atom stereocenters. The third-order valence-electron chi connectivity index (χ3n) is 5.83. The Morgan fingerprint density at radius 1 is 0.818 bits per heavy atom. The Kier molecular flexibility index (Phi) is 6.94. The lowest BCUT2D eigenvalue weighted by molar-refractivity contribution is -0.125. The van der Waals surface area contributed by atoms with Crippen molar-refractivity contribution < 1.29 is 21.6 Å². The monoisotopic (exact) mass is 490 g/mol. The van der Waals surface area contributed by atoms with Crippen LogP contribution in [-0.4, -0.2) is 62.7 Å². The minimum Gasteiger partial charge on any atom is -0.271 e. The van der Waals surface area contributed by atoms with E-state index >= 15 is 0 Å². The number of carbonyl (C=O) groups is 1. The van der Waals surface area contributed by atoms with Gasteiger partial charge in [-0.1, -0.05) is 36.4 Å². The molecule has 2 aromatic rings. The van der Waals surface area contributed by atoms with Crippen LogP contribution in [0.3, 0.4) is 0 Å². The van der Waals surface area contributed by atoms with Crippen LogP contribution in [0.5, 0.6) is 0 Å². The summed E-state index contributed by atoms with van der Waals surface area (Å²) in [6.45, 7) is -0.528. The minimum absolute atomic E-state index is 0.0456. The average molecular weight is 491 g/mol. The van der Waals surface area contributed by atoms with Crippen LogP contribution >= 0.6 is 0 Å². The molecular formula is C22H26N4O5S2. The lowest BCUT2D eigenvalue weighted by atomic mass is 10.2. The van der Waals surface area contributed by atoms with Crippen LogP contribution in [0.4, 0.5) is 0 Å². The van der Waals surface area contributed by atoms with Gasteiger partial charge in [-0.15, -0.1) is 0 Å². The van der Waals surface area contributed by atoms with Crippen LogP contribution in [0, 0.1) is 0 Å². The summed E-state index contributed by atoms with van der Waals surface area (Å²) in [5, 5.41) is 4.16. The zero-order valence-electron chi connectivity index (χ0n) is 18.0. The summed E-state index contributed by atoms with van der Waals surface area (Å²) >= 11 is 0. The molecular weight excluding hydrogens is 464 g/mol. The van der Waals surface area contributed by atoms with Gasteiger partial charge in [0, 0.05) is 25.3 Å². The Labute approximate surface area is 194 Å². The molecule has 1 N–H and O–H groups in total. The Morgan fingerprint density at radius 2 is 1.36 bits per heavy atom. The number of hydrogen-bond acceptors (Lipinski definition) is 6. The van der Waals surface area contributed by atoms with Gasteiger partial charge in [0.1, 0.15) is 6.04 Å². The molecule has 4 rings (SSSR count). The Morgan fingerprint density at radius 3 is 1.94 bits per heavy atom. The van der Waals surface area contributed by atoms with Gasteiger partial charge < -0.3 is 0 Å². The van der Waals surface area contributed by atoms with Gasteiger partial charge in [-0.2, -0.15) is 13.7 Å². The zero-order chi connectivity index (χ0) is 23.5. The fourth-order valence-corrected chi connectivity index (χ4v) is 7.08. The first-order chi connectivity index (χ1) is 15.8. The van der Waals surface area contributed by atoms with E-state index in [1.807, 2.05) is 0 Å². The molecule has 0 radical (unpaired) electrons. The highest BCUT2D eigenvalue weighted by Gasteiger charge is 2.43. The summed E-state index contributed by atoms with van der Waals surface area (Å²) < 4.78 is 55.2. The fourth-order valence-electron chi connectivity index (χ4n) is 4.03. The molecule has 1 aliphatic heterocycles. The first kappa shape index (κ1) is 23.6. The summed E-state index contributed by atoms with van der Waals surface area (Å²) in [5.41, 5.74) is 3.33. The minimum atomic E-state index is -4.02. The smallest absolute Gasteiger partial charge is 0.259 e.